The number of rotatable bonds is 16. The Labute approximate surface area is 134 Å². The van der Waals surface area contributed by atoms with Gasteiger partial charge < -0.3 is 10.6 Å². The van der Waals surface area contributed by atoms with E-state index in [-0.39, 0.29) is 0 Å². The highest BCUT2D eigenvalue weighted by Gasteiger charge is 2.02. The van der Waals surface area contributed by atoms with Crippen molar-refractivity contribution in [3.8, 4) is 0 Å². The van der Waals surface area contributed by atoms with Gasteiger partial charge in [-0.05, 0) is 33.5 Å². The van der Waals surface area contributed by atoms with Gasteiger partial charge in [0.2, 0.25) is 0 Å². The van der Waals surface area contributed by atoms with Crippen LogP contribution in [0.25, 0.3) is 0 Å². The molecule has 0 fully saturated rings. The van der Waals surface area contributed by atoms with E-state index >= 15 is 0 Å². The fraction of sp³-hybridized carbons (Fsp3) is 1.00. The van der Waals surface area contributed by atoms with Crippen molar-refractivity contribution >= 4 is 0 Å². The lowest BCUT2D eigenvalue weighted by atomic mass is 10.0. The maximum atomic E-state index is 6.13. The lowest BCUT2D eigenvalue weighted by Gasteiger charge is -2.14. The van der Waals surface area contributed by atoms with Crippen molar-refractivity contribution < 1.29 is 0 Å². The lowest BCUT2D eigenvalue weighted by Crippen LogP contribution is -2.26. The van der Waals surface area contributed by atoms with Gasteiger partial charge in [-0.25, -0.2) is 0 Å². The highest BCUT2D eigenvalue weighted by molar-refractivity contribution is 4.63. The van der Waals surface area contributed by atoms with Gasteiger partial charge in [-0.15, -0.1) is 0 Å². The van der Waals surface area contributed by atoms with Crippen LogP contribution in [-0.2, 0) is 0 Å². The summed E-state index contributed by atoms with van der Waals surface area (Å²) in [6, 6.07) is 0.413. The highest BCUT2D eigenvalue weighted by atomic mass is 15.0. The topological polar surface area (TPSA) is 29.3 Å². The van der Waals surface area contributed by atoms with Gasteiger partial charge in [0, 0.05) is 6.04 Å². The van der Waals surface area contributed by atoms with Crippen molar-refractivity contribution in [3.63, 3.8) is 0 Å². The van der Waals surface area contributed by atoms with Gasteiger partial charge in [-0.2, -0.15) is 0 Å². The molecule has 0 aromatic carbocycles. The largest absolute Gasteiger partial charge is 0.328 e. The van der Waals surface area contributed by atoms with Crippen LogP contribution < -0.4 is 5.73 Å². The second kappa shape index (κ2) is 16.3. The number of unbranched alkanes of at least 4 members (excludes halogenated alkanes) is 11. The van der Waals surface area contributed by atoms with Crippen molar-refractivity contribution in [2.75, 3.05) is 20.6 Å². The van der Waals surface area contributed by atoms with Crippen molar-refractivity contribution in [1.82, 2.24) is 4.90 Å². The summed E-state index contributed by atoms with van der Waals surface area (Å²) in [7, 11) is 4.24. The smallest absolute Gasteiger partial charge is 0.00509 e. The molecule has 21 heavy (non-hydrogen) atoms. The Kier molecular flexibility index (Phi) is 16.2. The van der Waals surface area contributed by atoms with Crippen LogP contribution in [0.4, 0.5) is 0 Å². The maximum Gasteiger partial charge on any atom is 0.00509 e. The van der Waals surface area contributed by atoms with Crippen LogP contribution in [0, 0.1) is 0 Å². The summed E-state index contributed by atoms with van der Waals surface area (Å²) in [6.07, 6.45) is 19.4. The normalized spacial score (nSPS) is 13.0. The Balaban J connectivity index is 3.08. The van der Waals surface area contributed by atoms with Gasteiger partial charge >= 0.3 is 0 Å². The first kappa shape index (κ1) is 20.9. The third-order valence-electron chi connectivity index (χ3n) is 4.38. The fourth-order valence-corrected chi connectivity index (χ4v) is 2.82. The number of nitrogens with zero attached hydrogens (tertiary/aromatic N) is 1. The van der Waals surface area contributed by atoms with Crippen LogP contribution in [0.1, 0.15) is 96.8 Å². The van der Waals surface area contributed by atoms with E-state index in [2.05, 4.69) is 25.9 Å². The van der Waals surface area contributed by atoms with Crippen LogP contribution >= 0.6 is 0 Å². The van der Waals surface area contributed by atoms with E-state index in [4.69, 9.17) is 5.73 Å². The lowest BCUT2D eigenvalue weighted by molar-refractivity contribution is 0.370. The molecule has 0 saturated heterocycles. The predicted octanol–water partition coefficient (Wildman–Crippen LogP) is 5.36. The third kappa shape index (κ3) is 17.9. The Morgan fingerprint density at radius 1 is 0.667 bits per heavy atom. The molecule has 0 bridgehead atoms. The summed E-state index contributed by atoms with van der Waals surface area (Å²) in [4.78, 5) is 2.22. The van der Waals surface area contributed by atoms with E-state index in [0.717, 1.165) is 13.0 Å². The number of nitrogens with two attached hydrogens (primary N) is 1. The summed E-state index contributed by atoms with van der Waals surface area (Å²) in [6.45, 7) is 3.41. The molecule has 1 atom stereocenters. The summed E-state index contributed by atoms with van der Waals surface area (Å²) in [5.74, 6) is 0. The molecule has 0 spiro atoms. The standard InChI is InChI=1S/C19H42N2/c1-4-5-6-7-8-9-10-11-12-13-14-15-16-19(20)17-18-21(2)3/h19H,4-18,20H2,1-3H3. The first-order chi connectivity index (χ1) is 10.2. The Morgan fingerprint density at radius 3 is 1.52 bits per heavy atom. The van der Waals surface area contributed by atoms with Crippen LogP contribution in [-0.4, -0.2) is 31.6 Å². The summed E-state index contributed by atoms with van der Waals surface area (Å²) in [5, 5.41) is 0. The van der Waals surface area contributed by atoms with Gasteiger partial charge in [-0.1, -0.05) is 84.0 Å². The molecule has 0 saturated carbocycles. The van der Waals surface area contributed by atoms with Crippen LogP contribution in [0.15, 0.2) is 0 Å². The highest BCUT2D eigenvalue weighted by Crippen LogP contribution is 2.13. The SMILES string of the molecule is CCCCCCCCCCCCCCC(N)CCN(C)C. The molecule has 0 aliphatic heterocycles. The van der Waals surface area contributed by atoms with Gasteiger partial charge in [-0.3, -0.25) is 0 Å². The maximum absolute atomic E-state index is 6.13. The average Bonchev–Trinajstić information content (AvgIpc) is 2.46. The zero-order valence-electron chi connectivity index (χ0n) is 15.2. The van der Waals surface area contributed by atoms with E-state index < -0.39 is 0 Å². The Bertz CT molecular complexity index is 192. The molecular formula is C19H42N2. The third-order valence-corrected chi connectivity index (χ3v) is 4.38. The van der Waals surface area contributed by atoms with Gasteiger partial charge in [0.05, 0.1) is 0 Å². The summed E-state index contributed by atoms with van der Waals surface area (Å²) < 4.78 is 0. The molecule has 0 aliphatic carbocycles. The van der Waals surface area contributed by atoms with Crippen molar-refractivity contribution in [3.05, 3.63) is 0 Å². The first-order valence-electron chi connectivity index (χ1n) is 9.57. The van der Waals surface area contributed by atoms with Gasteiger partial charge in [0.1, 0.15) is 0 Å². The molecule has 128 valence electrons. The van der Waals surface area contributed by atoms with Crippen molar-refractivity contribution in [2.24, 2.45) is 5.73 Å². The minimum absolute atomic E-state index is 0.413. The molecule has 0 heterocycles. The van der Waals surface area contributed by atoms with Gasteiger partial charge in [0.25, 0.3) is 0 Å². The average molecular weight is 299 g/mol. The second-order valence-electron chi connectivity index (χ2n) is 7.03. The monoisotopic (exact) mass is 298 g/mol. The molecule has 0 aliphatic rings. The minimum Gasteiger partial charge on any atom is -0.328 e. The molecule has 2 nitrogen and oxygen atoms in total. The Morgan fingerprint density at radius 2 is 1.10 bits per heavy atom. The minimum atomic E-state index is 0.413. The molecule has 0 rings (SSSR count). The van der Waals surface area contributed by atoms with E-state index in [1.54, 1.807) is 0 Å². The van der Waals surface area contributed by atoms with Crippen LogP contribution in [0.5, 0.6) is 0 Å². The first-order valence-corrected chi connectivity index (χ1v) is 9.57. The molecule has 0 amide bonds. The van der Waals surface area contributed by atoms with E-state index in [1.165, 1.54) is 83.5 Å². The van der Waals surface area contributed by atoms with Crippen molar-refractivity contribution in [2.45, 2.75) is 103 Å². The van der Waals surface area contributed by atoms with E-state index in [9.17, 15) is 0 Å². The molecule has 2 heteroatoms. The molecule has 2 N–H and O–H groups in total. The quantitative estimate of drug-likeness (QED) is 0.389. The molecule has 0 aromatic heterocycles. The van der Waals surface area contributed by atoms with Crippen molar-refractivity contribution in [1.29, 1.82) is 0 Å². The molecular weight excluding hydrogens is 256 g/mol. The van der Waals surface area contributed by atoms with Crippen LogP contribution in [0.3, 0.4) is 0 Å². The van der Waals surface area contributed by atoms with E-state index in [0.29, 0.717) is 6.04 Å². The van der Waals surface area contributed by atoms with E-state index in [1.807, 2.05) is 0 Å². The summed E-state index contributed by atoms with van der Waals surface area (Å²) in [5.41, 5.74) is 6.13. The molecule has 0 radical (unpaired) electrons. The second-order valence-corrected chi connectivity index (χ2v) is 7.03. The zero-order chi connectivity index (χ0) is 15.8. The Hall–Kier alpha value is -0.0800. The van der Waals surface area contributed by atoms with Crippen LogP contribution in [0.2, 0.25) is 0 Å². The van der Waals surface area contributed by atoms with Gasteiger partial charge in [0.15, 0.2) is 0 Å². The molecule has 1 unspecified atom stereocenters. The summed E-state index contributed by atoms with van der Waals surface area (Å²) >= 11 is 0. The number of hydrogen-bond donors (Lipinski definition) is 1. The number of hydrogen-bond acceptors (Lipinski definition) is 2. The fourth-order valence-electron chi connectivity index (χ4n) is 2.82. The predicted molar refractivity (Wildman–Crippen MR) is 96.8 cm³/mol. The molecule has 0 aromatic rings. The zero-order valence-corrected chi connectivity index (χ0v) is 15.2.